The lowest BCUT2D eigenvalue weighted by atomic mass is 9.95. The Morgan fingerprint density at radius 1 is 1.28 bits per heavy atom. The van der Waals surface area contributed by atoms with E-state index in [-0.39, 0.29) is 6.61 Å². The fraction of sp³-hybridized carbons (Fsp3) is 0.333. The summed E-state index contributed by atoms with van der Waals surface area (Å²) in [4.78, 5) is 1.32. The van der Waals surface area contributed by atoms with E-state index in [9.17, 15) is 5.11 Å². The van der Waals surface area contributed by atoms with Crippen molar-refractivity contribution in [3.05, 3.63) is 56.2 Å². The van der Waals surface area contributed by atoms with Crippen LogP contribution in [0, 0.1) is 12.8 Å². The van der Waals surface area contributed by atoms with Crippen molar-refractivity contribution in [2.24, 2.45) is 5.92 Å². The van der Waals surface area contributed by atoms with Gasteiger partial charge in [0.1, 0.15) is 0 Å². The summed E-state index contributed by atoms with van der Waals surface area (Å²) >= 11 is 5.30. The lowest BCUT2D eigenvalue weighted by Crippen LogP contribution is -2.12. The van der Waals surface area contributed by atoms with E-state index >= 15 is 0 Å². The molecule has 0 amide bonds. The Balaban J connectivity index is 2.04. The van der Waals surface area contributed by atoms with Gasteiger partial charge in [-0.1, -0.05) is 29.8 Å². The van der Waals surface area contributed by atoms with Crippen LogP contribution in [-0.4, -0.2) is 11.7 Å². The fourth-order valence-corrected chi connectivity index (χ4v) is 3.74. The maximum atomic E-state index is 9.54. The summed E-state index contributed by atoms with van der Waals surface area (Å²) < 4.78 is 1.16. The van der Waals surface area contributed by atoms with Gasteiger partial charge in [0.15, 0.2) is 0 Å². The van der Waals surface area contributed by atoms with E-state index in [1.54, 1.807) is 11.3 Å². The number of aliphatic hydroxyl groups is 1. The van der Waals surface area contributed by atoms with E-state index in [0.29, 0.717) is 5.92 Å². The van der Waals surface area contributed by atoms with Gasteiger partial charge in [-0.05, 0) is 58.6 Å². The predicted molar refractivity (Wildman–Crippen MR) is 81.2 cm³/mol. The number of hydrogen-bond acceptors (Lipinski definition) is 2. The Kier molecular flexibility index (Phi) is 4.98. The number of rotatable bonds is 5. The second kappa shape index (κ2) is 6.50. The molecule has 96 valence electrons. The van der Waals surface area contributed by atoms with Crippen LogP contribution in [0.2, 0.25) is 0 Å². The molecule has 0 radical (unpaired) electrons. The highest BCUT2D eigenvalue weighted by molar-refractivity contribution is 9.10. The van der Waals surface area contributed by atoms with Crippen molar-refractivity contribution in [3.8, 4) is 0 Å². The summed E-state index contributed by atoms with van der Waals surface area (Å²) in [5.41, 5.74) is 2.59. The lowest BCUT2D eigenvalue weighted by Gasteiger charge is -2.14. The van der Waals surface area contributed by atoms with E-state index in [1.165, 1.54) is 16.0 Å². The van der Waals surface area contributed by atoms with Crippen molar-refractivity contribution in [1.29, 1.82) is 0 Å². The molecule has 1 N–H and O–H groups in total. The van der Waals surface area contributed by atoms with Crippen LogP contribution >= 0.6 is 27.3 Å². The van der Waals surface area contributed by atoms with E-state index < -0.39 is 0 Å². The normalized spacial score (nSPS) is 12.6. The highest BCUT2D eigenvalue weighted by Gasteiger charge is 2.12. The second-order valence-corrected chi connectivity index (χ2v) is 6.49. The van der Waals surface area contributed by atoms with E-state index in [2.05, 4.69) is 58.6 Å². The Bertz CT molecular complexity index is 507. The van der Waals surface area contributed by atoms with Crippen LogP contribution in [0.5, 0.6) is 0 Å². The van der Waals surface area contributed by atoms with Crippen molar-refractivity contribution >= 4 is 27.3 Å². The third-order valence-corrected chi connectivity index (χ3v) is 4.98. The first-order valence-electron chi connectivity index (χ1n) is 6.07. The lowest BCUT2D eigenvalue weighted by molar-refractivity contribution is 0.225. The Morgan fingerprint density at radius 2 is 2.11 bits per heavy atom. The van der Waals surface area contributed by atoms with Crippen molar-refractivity contribution in [2.45, 2.75) is 19.8 Å². The third-order valence-electron chi connectivity index (χ3n) is 3.03. The molecule has 0 fully saturated rings. The van der Waals surface area contributed by atoms with Crippen LogP contribution < -0.4 is 0 Å². The van der Waals surface area contributed by atoms with Gasteiger partial charge < -0.3 is 5.11 Å². The molecular weight excluding hydrogens is 308 g/mol. The van der Waals surface area contributed by atoms with Crippen LogP contribution in [0.4, 0.5) is 0 Å². The first-order chi connectivity index (χ1) is 8.69. The smallest absolute Gasteiger partial charge is 0.0465 e. The van der Waals surface area contributed by atoms with E-state index in [0.717, 1.165) is 17.3 Å². The van der Waals surface area contributed by atoms with Crippen molar-refractivity contribution < 1.29 is 5.11 Å². The number of hydrogen-bond donors (Lipinski definition) is 1. The summed E-state index contributed by atoms with van der Waals surface area (Å²) in [5.74, 6) is 0.293. The molecule has 3 heteroatoms. The summed E-state index contributed by atoms with van der Waals surface area (Å²) in [5, 5.41) is 11.6. The molecule has 1 heterocycles. The maximum Gasteiger partial charge on any atom is 0.0465 e. The van der Waals surface area contributed by atoms with Crippen molar-refractivity contribution in [3.63, 3.8) is 0 Å². The molecule has 1 nitrogen and oxygen atoms in total. The molecular formula is C15H17BrOS. The molecule has 1 aromatic carbocycles. The molecule has 0 spiro atoms. The monoisotopic (exact) mass is 324 g/mol. The minimum atomic E-state index is 0.234. The zero-order chi connectivity index (χ0) is 13.0. The number of thiophene rings is 1. The molecule has 0 saturated heterocycles. The van der Waals surface area contributed by atoms with Crippen molar-refractivity contribution in [2.75, 3.05) is 6.61 Å². The zero-order valence-corrected chi connectivity index (χ0v) is 12.8. The van der Waals surface area contributed by atoms with Gasteiger partial charge in [0.25, 0.3) is 0 Å². The fourth-order valence-electron chi connectivity index (χ4n) is 2.11. The van der Waals surface area contributed by atoms with Gasteiger partial charge in [-0.2, -0.15) is 0 Å². The standard InChI is InChI=1S/C15H17BrOS/c1-11-3-2-4-12(7-11)8-13(10-17)9-15-14(16)5-6-18-15/h2-7,13,17H,8-10H2,1H3. The minimum Gasteiger partial charge on any atom is -0.396 e. The Hall–Kier alpha value is -0.640. The van der Waals surface area contributed by atoms with E-state index in [1.807, 2.05) is 0 Å². The van der Waals surface area contributed by atoms with E-state index in [4.69, 9.17) is 0 Å². The topological polar surface area (TPSA) is 20.2 Å². The largest absolute Gasteiger partial charge is 0.396 e. The van der Waals surface area contributed by atoms with Gasteiger partial charge in [0, 0.05) is 16.0 Å². The van der Waals surface area contributed by atoms with Crippen molar-refractivity contribution in [1.82, 2.24) is 0 Å². The number of aliphatic hydroxyl groups excluding tert-OH is 1. The molecule has 2 aromatic rings. The average Bonchev–Trinajstić information content (AvgIpc) is 2.74. The molecule has 0 aliphatic carbocycles. The van der Waals surface area contributed by atoms with Gasteiger partial charge in [0.05, 0.1) is 0 Å². The molecule has 0 aliphatic heterocycles. The highest BCUT2D eigenvalue weighted by atomic mass is 79.9. The predicted octanol–water partition coefficient (Wildman–Crippen LogP) is 4.21. The number of halogens is 1. The van der Waals surface area contributed by atoms with Gasteiger partial charge in [-0.3, -0.25) is 0 Å². The van der Waals surface area contributed by atoms with Crippen LogP contribution in [0.1, 0.15) is 16.0 Å². The van der Waals surface area contributed by atoms with Gasteiger partial charge in [0.2, 0.25) is 0 Å². The Labute approximate surface area is 121 Å². The molecule has 1 unspecified atom stereocenters. The highest BCUT2D eigenvalue weighted by Crippen LogP contribution is 2.26. The number of aryl methyl sites for hydroxylation is 1. The van der Waals surface area contributed by atoms with Crippen LogP contribution in [0.15, 0.2) is 40.2 Å². The van der Waals surface area contributed by atoms with Crippen LogP contribution in [0.25, 0.3) is 0 Å². The van der Waals surface area contributed by atoms with Gasteiger partial charge in [-0.25, -0.2) is 0 Å². The third kappa shape index (κ3) is 3.67. The van der Waals surface area contributed by atoms with Crippen LogP contribution in [0.3, 0.4) is 0 Å². The average molecular weight is 325 g/mol. The minimum absolute atomic E-state index is 0.234. The molecule has 1 aromatic heterocycles. The summed E-state index contributed by atoms with van der Waals surface area (Å²) in [6.45, 7) is 2.34. The summed E-state index contributed by atoms with van der Waals surface area (Å²) in [6, 6.07) is 10.6. The molecule has 18 heavy (non-hydrogen) atoms. The second-order valence-electron chi connectivity index (χ2n) is 4.64. The Morgan fingerprint density at radius 3 is 2.72 bits per heavy atom. The first kappa shape index (κ1) is 13.8. The molecule has 2 rings (SSSR count). The SMILES string of the molecule is Cc1cccc(CC(CO)Cc2sccc2Br)c1. The summed E-state index contributed by atoms with van der Waals surface area (Å²) in [6.07, 6.45) is 1.87. The molecule has 0 bridgehead atoms. The quantitative estimate of drug-likeness (QED) is 0.873. The van der Waals surface area contributed by atoms with Gasteiger partial charge >= 0.3 is 0 Å². The van der Waals surface area contributed by atoms with Gasteiger partial charge in [-0.15, -0.1) is 11.3 Å². The maximum absolute atomic E-state index is 9.54. The van der Waals surface area contributed by atoms with Crippen LogP contribution in [-0.2, 0) is 12.8 Å². The molecule has 1 atom stereocenters. The molecule has 0 saturated carbocycles. The zero-order valence-electron chi connectivity index (χ0n) is 10.4. The summed E-state index contributed by atoms with van der Waals surface area (Å²) in [7, 11) is 0. The number of benzene rings is 1. The molecule has 0 aliphatic rings. The first-order valence-corrected chi connectivity index (χ1v) is 7.74.